The summed E-state index contributed by atoms with van der Waals surface area (Å²) < 4.78 is 0.988. The standard InChI is InChI=1S/C22H23BrN4O3/c1-15-12-17(2-3-18(15)23)21(29)27-10-6-22(7-11-27)13-19(26-30-22)20(28)25-14-16-4-8-24-9-5-16/h2-5,8-9,12-13,26H,6-7,10-11,14H2,1H3,(H,25,28). The van der Waals surface area contributed by atoms with Gasteiger partial charge in [0, 0.05) is 54.9 Å². The van der Waals surface area contributed by atoms with E-state index < -0.39 is 5.60 Å². The number of nitrogens with zero attached hydrogens (tertiary/aromatic N) is 2. The second kappa shape index (κ2) is 8.57. The number of pyridine rings is 1. The topological polar surface area (TPSA) is 83.6 Å². The van der Waals surface area contributed by atoms with E-state index in [-0.39, 0.29) is 11.8 Å². The summed E-state index contributed by atoms with van der Waals surface area (Å²) in [6.07, 6.45) is 6.49. The summed E-state index contributed by atoms with van der Waals surface area (Å²) in [7, 11) is 0. The van der Waals surface area contributed by atoms with Crippen LogP contribution in [0.15, 0.2) is 59.0 Å². The lowest BCUT2D eigenvalue weighted by Crippen LogP contribution is -2.46. The number of piperidine rings is 1. The number of carbonyl (C=O) groups is 2. The maximum atomic E-state index is 12.8. The van der Waals surface area contributed by atoms with Crippen molar-refractivity contribution in [2.24, 2.45) is 0 Å². The van der Waals surface area contributed by atoms with Gasteiger partial charge in [0.05, 0.1) is 0 Å². The van der Waals surface area contributed by atoms with Crippen LogP contribution in [-0.2, 0) is 16.2 Å². The number of halogens is 1. The van der Waals surface area contributed by atoms with Gasteiger partial charge in [-0.15, -0.1) is 0 Å². The monoisotopic (exact) mass is 470 g/mol. The van der Waals surface area contributed by atoms with Gasteiger partial charge in [-0.05, 0) is 54.5 Å². The SMILES string of the molecule is Cc1cc(C(=O)N2CCC3(C=C(C(=O)NCc4ccncc4)NO3)CC2)ccc1Br. The fraction of sp³-hybridized carbons (Fsp3) is 0.318. The van der Waals surface area contributed by atoms with Crippen LogP contribution in [0.2, 0.25) is 0 Å². The maximum Gasteiger partial charge on any atom is 0.269 e. The Labute approximate surface area is 183 Å². The Hall–Kier alpha value is -2.71. The lowest BCUT2D eigenvalue weighted by atomic mass is 9.90. The van der Waals surface area contributed by atoms with Gasteiger partial charge in [0.25, 0.3) is 11.8 Å². The fourth-order valence-electron chi connectivity index (χ4n) is 3.66. The van der Waals surface area contributed by atoms with Gasteiger partial charge in [-0.1, -0.05) is 15.9 Å². The summed E-state index contributed by atoms with van der Waals surface area (Å²) in [5.74, 6) is -0.196. The van der Waals surface area contributed by atoms with Crippen LogP contribution in [0.1, 0.15) is 34.3 Å². The summed E-state index contributed by atoms with van der Waals surface area (Å²) in [6, 6.07) is 9.35. The zero-order chi connectivity index (χ0) is 21.1. The van der Waals surface area contributed by atoms with Crippen molar-refractivity contribution >= 4 is 27.7 Å². The Balaban J connectivity index is 1.34. The average molecular weight is 471 g/mol. The van der Waals surface area contributed by atoms with Gasteiger partial charge in [-0.3, -0.25) is 24.9 Å². The van der Waals surface area contributed by atoms with Gasteiger partial charge in [-0.2, -0.15) is 0 Å². The molecule has 2 aliphatic heterocycles. The number of benzene rings is 1. The molecule has 0 aliphatic carbocycles. The molecule has 0 bridgehead atoms. The van der Waals surface area contributed by atoms with E-state index >= 15 is 0 Å². The van der Waals surface area contributed by atoms with Crippen LogP contribution in [0.5, 0.6) is 0 Å². The van der Waals surface area contributed by atoms with E-state index in [1.807, 2.05) is 48.2 Å². The molecule has 0 atom stereocenters. The molecule has 30 heavy (non-hydrogen) atoms. The van der Waals surface area contributed by atoms with Gasteiger partial charge in [-0.25, -0.2) is 0 Å². The molecule has 0 radical (unpaired) electrons. The molecule has 0 unspecified atom stereocenters. The van der Waals surface area contributed by atoms with Gasteiger partial charge >= 0.3 is 0 Å². The van der Waals surface area contributed by atoms with E-state index in [4.69, 9.17) is 4.84 Å². The van der Waals surface area contributed by atoms with Crippen molar-refractivity contribution in [2.75, 3.05) is 13.1 Å². The first-order valence-electron chi connectivity index (χ1n) is 9.85. The van der Waals surface area contributed by atoms with Crippen molar-refractivity contribution in [3.63, 3.8) is 0 Å². The first-order chi connectivity index (χ1) is 14.5. The normalized spacial score (nSPS) is 17.4. The van der Waals surface area contributed by atoms with E-state index in [0.717, 1.165) is 15.6 Å². The molecular weight excluding hydrogens is 448 g/mol. The number of hydrogen-bond acceptors (Lipinski definition) is 5. The van der Waals surface area contributed by atoms with Crippen molar-refractivity contribution in [2.45, 2.75) is 31.9 Å². The molecule has 4 rings (SSSR count). The van der Waals surface area contributed by atoms with Crippen molar-refractivity contribution in [3.8, 4) is 0 Å². The lowest BCUT2D eigenvalue weighted by molar-refractivity contribution is -0.120. The fourth-order valence-corrected chi connectivity index (χ4v) is 3.91. The van der Waals surface area contributed by atoms with Crippen LogP contribution < -0.4 is 10.8 Å². The van der Waals surface area contributed by atoms with E-state index in [9.17, 15) is 9.59 Å². The van der Waals surface area contributed by atoms with Crippen LogP contribution in [0.25, 0.3) is 0 Å². The Bertz CT molecular complexity index is 985. The molecule has 156 valence electrons. The summed E-state index contributed by atoms with van der Waals surface area (Å²) in [5.41, 5.74) is 5.31. The van der Waals surface area contributed by atoms with Crippen LogP contribution in [0, 0.1) is 6.92 Å². The Morgan fingerprint density at radius 1 is 1.23 bits per heavy atom. The first kappa shape index (κ1) is 20.6. The van der Waals surface area contributed by atoms with Crippen LogP contribution in [0.3, 0.4) is 0 Å². The highest BCUT2D eigenvalue weighted by Gasteiger charge is 2.41. The number of rotatable bonds is 4. The highest BCUT2D eigenvalue weighted by atomic mass is 79.9. The minimum atomic E-state index is -0.560. The van der Waals surface area contributed by atoms with Gasteiger partial charge in [0.2, 0.25) is 0 Å². The molecule has 1 spiro atoms. The minimum absolute atomic E-state index is 0.0192. The maximum absolute atomic E-state index is 12.8. The number of hydroxylamine groups is 1. The molecular formula is C22H23BrN4O3. The smallest absolute Gasteiger partial charge is 0.269 e. The molecule has 1 aromatic heterocycles. The van der Waals surface area contributed by atoms with Gasteiger partial charge < -0.3 is 10.2 Å². The predicted octanol–water partition coefficient (Wildman–Crippen LogP) is 2.86. The molecule has 0 saturated carbocycles. The average Bonchev–Trinajstić information content (AvgIpc) is 3.18. The summed E-state index contributed by atoms with van der Waals surface area (Å²) in [4.78, 5) is 36.9. The van der Waals surface area contributed by atoms with Crippen molar-refractivity contribution in [3.05, 3.63) is 75.7 Å². The molecule has 2 aliphatic rings. The third-order valence-corrected chi connectivity index (χ3v) is 6.41. The van der Waals surface area contributed by atoms with Crippen molar-refractivity contribution in [1.29, 1.82) is 0 Å². The molecule has 1 saturated heterocycles. The number of aromatic nitrogens is 1. The van der Waals surface area contributed by atoms with Crippen LogP contribution >= 0.6 is 15.9 Å². The number of nitrogens with one attached hydrogen (secondary N) is 2. The van der Waals surface area contributed by atoms with Crippen LogP contribution in [-0.4, -0.2) is 40.4 Å². The lowest BCUT2D eigenvalue weighted by Gasteiger charge is -2.36. The number of amides is 2. The first-order valence-corrected chi connectivity index (χ1v) is 10.6. The Kier molecular flexibility index (Phi) is 5.87. The van der Waals surface area contributed by atoms with Crippen LogP contribution in [0.4, 0.5) is 0 Å². The molecule has 7 nitrogen and oxygen atoms in total. The third-order valence-electron chi connectivity index (χ3n) is 5.52. The summed E-state index contributed by atoms with van der Waals surface area (Å²) in [5, 5.41) is 2.88. The predicted molar refractivity (Wildman–Crippen MR) is 115 cm³/mol. The highest BCUT2D eigenvalue weighted by molar-refractivity contribution is 9.10. The second-order valence-electron chi connectivity index (χ2n) is 7.62. The van der Waals surface area contributed by atoms with Crippen molar-refractivity contribution < 1.29 is 14.4 Å². The molecule has 2 aromatic rings. The summed E-state index contributed by atoms with van der Waals surface area (Å²) in [6.45, 7) is 3.52. The zero-order valence-corrected chi connectivity index (χ0v) is 18.2. The molecule has 1 aromatic carbocycles. The third kappa shape index (κ3) is 4.39. The van der Waals surface area contributed by atoms with E-state index in [1.54, 1.807) is 12.4 Å². The molecule has 8 heteroatoms. The van der Waals surface area contributed by atoms with Crippen molar-refractivity contribution in [1.82, 2.24) is 20.7 Å². The quantitative estimate of drug-likeness (QED) is 0.717. The molecule has 2 amide bonds. The van der Waals surface area contributed by atoms with E-state index in [1.165, 1.54) is 0 Å². The summed E-state index contributed by atoms with van der Waals surface area (Å²) >= 11 is 3.47. The zero-order valence-electron chi connectivity index (χ0n) is 16.7. The highest BCUT2D eigenvalue weighted by Crippen LogP contribution is 2.32. The molecule has 3 heterocycles. The number of likely N-dealkylation sites (tertiary alicyclic amines) is 1. The Morgan fingerprint density at radius 3 is 2.67 bits per heavy atom. The number of hydrogen-bond donors (Lipinski definition) is 2. The molecule has 1 fully saturated rings. The van der Waals surface area contributed by atoms with E-state index in [0.29, 0.717) is 43.7 Å². The largest absolute Gasteiger partial charge is 0.347 e. The van der Waals surface area contributed by atoms with Gasteiger partial charge in [0.1, 0.15) is 11.3 Å². The number of carbonyl (C=O) groups excluding carboxylic acids is 2. The minimum Gasteiger partial charge on any atom is -0.347 e. The Morgan fingerprint density at radius 2 is 1.97 bits per heavy atom. The van der Waals surface area contributed by atoms with E-state index in [2.05, 4.69) is 31.7 Å². The van der Waals surface area contributed by atoms with Gasteiger partial charge in [0.15, 0.2) is 0 Å². The second-order valence-corrected chi connectivity index (χ2v) is 8.48. The molecule has 2 N–H and O–H groups in total. The number of aryl methyl sites for hydroxylation is 1.